The van der Waals surface area contributed by atoms with Gasteiger partial charge in [-0.2, -0.15) is 0 Å². The minimum atomic E-state index is -3.46. The molecule has 0 aliphatic heterocycles. The maximum absolute atomic E-state index is 12.3. The fourth-order valence-corrected chi connectivity index (χ4v) is 3.71. The fourth-order valence-electron chi connectivity index (χ4n) is 1.58. The van der Waals surface area contributed by atoms with Gasteiger partial charge < -0.3 is 4.74 Å². The number of rotatable bonds is 7. The Labute approximate surface area is 105 Å². The van der Waals surface area contributed by atoms with E-state index in [1.807, 2.05) is 20.8 Å². The van der Waals surface area contributed by atoms with E-state index in [1.165, 1.54) is 7.11 Å². The number of ether oxygens (including phenoxy) is 1. The van der Waals surface area contributed by atoms with E-state index < -0.39 is 26.3 Å². The normalized spacial score (nSPS) is 15.6. The van der Waals surface area contributed by atoms with Crippen LogP contribution < -0.4 is 0 Å². The molecular weight excluding hydrogens is 240 g/mol. The molecule has 102 valence electrons. The molecule has 0 radical (unpaired) electrons. The van der Waals surface area contributed by atoms with E-state index in [-0.39, 0.29) is 5.92 Å². The zero-order valence-electron chi connectivity index (χ0n) is 11.4. The number of hydrogen-bond acceptors (Lipinski definition) is 4. The Morgan fingerprint density at radius 3 is 2.12 bits per heavy atom. The maximum Gasteiger partial charge on any atom is 0.324 e. The van der Waals surface area contributed by atoms with Crippen molar-refractivity contribution in [2.45, 2.75) is 57.5 Å². The zero-order valence-corrected chi connectivity index (χ0v) is 12.2. The molecule has 4 nitrogen and oxygen atoms in total. The molecule has 0 amide bonds. The van der Waals surface area contributed by atoms with Crippen LogP contribution in [0.15, 0.2) is 0 Å². The Bertz CT molecular complexity index is 332. The Kier molecular flexibility index (Phi) is 6.75. The number of methoxy groups -OCH3 is 1. The molecule has 0 aliphatic carbocycles. The molecule has 0 saturated carbocycles. The minimum Gasteiger partial charge on any atom is -0.468 e. The van der Waals surface area contributed by atoms with Crippen LogP contribution in [0.25, 0.3) is 0 Å². The molecule has 0 aromatic heterocycles. The molecule has 17 heavy (non-hydrogen) atoms. The average molecular weight is 264 g/mol. The molecule has 2 unspecified atom stereocenters. The first-order valence-electron chi connectivity index (χ1n) is 6.09. The zero-order chi connectivity index (χ0) is 13.6. The third-order valence-electron chi connectivity index (χ3n) is 3.14. The molecule has 0 spiro atoms. The molecule has 0 aliphatic rings. The summed E-state index contributed by atoms with van der Waals surface area (Å²) in [5.41, 5.74) is 0. The molecule has 0 bridgehead atoms. The lowest BCUT2D eigenvalue weighted by Crippen LogP contribution is -2.39. The summed E-state index contributed by atoms with van der Waals surface area (Å²) in [6.07, 6.45) is 1.92. The van der Waals surface area contributed by atoms with Crippen LogP contribution in [0.2, 0.25) is 0 Å². The van der Waals surface area contributed by atoms with Gasteiger partial charge in [-0.05, 0) is 19.3 Å². The molecule has 0 fully saturated rings. The van der Waals surface area contributed by atoms with Gasteiger partial charge in [-0.3, -0.25) is 4.79 Å². The van der Waals surface area contributed by atoms with E-state index in [1.54, 1.807) is 6.92 Å². The SMILES string of the molecule is CCCCC(C(=O)OC)S(=O)(=O)C(C)C(C)C. The number of esters is 1. The molecule has 0 heterocycles. The van der Waals surface area contributed by atoms with Gasteiger partial charge in [0, 0.05) is 0 Å². The van der Waals surface area contributed by atoms with Crippen LogP contribution in [-0.4, -0.2) is 32.0 Å². The largest absolute Gasteiger partial charge is 0.468 e. The Morgan fingerprint density at radius 1 is 1.24 bits per heavy atom. The van der Waals surface area contributed by atoms with Crippen LogP contribution in [0.5, 0.6) is 0 Å². The molecule has 5 heteroatoms. The van der Waals surface area contributed by atoms with Gasteiger partial charge in [-0.1, -0.05) is 33.6 Å². The third kappa shape index (κ3) is 4.30. The number of unbranched alkanes of at least 4 members (excludes halogenated alkanes) is 1. The van der Waals surface area contributed by atoms with Gasteiger partial charge in [0.2, 0.25) is 0 Å². The first-order chi connectivity index (χ1) is 7.78. The Balaban J connectivity index is 5.08. The van der Waals surface area contributed by atoms with Crippen LogP contribution in [0.3, 0.4) is 0 Å². The maximum atomic E-state index is 12.3. The average Bonchev–Trinajstić information content (AvgIpc) is 2.27. The third-order valence-corrected chi connectivity index (χ3v) is 5.94. The quantitative estimate of drug-likeness (QED) is 0.661. The molecule has 0 saturated heterocycles. The van der Waals surface area contributed by atoms with Crippen LogP contribution in [0.1, 0.15) is 47.0 Å². The van der Waals surface area contributed by atoms with E-state index in [9.17, 15) is 13.2 Å². The second-order valence-corrected chi connectivity index (χ2v) is 7.18. The van der Waals surface area contributed by atoms with Crippen molar-refractivity contribution in [1.82, 2.24) is 0 Å². The summed E-state index contributed by atoms with van der Waals surface area (Å²) in [6.45, 7) is 7.31. The van der Waals surface area contributed by atoms with Gasteiger partial charge in [-0.25, -0.2) is 8.42 Å². The highest BCUT2D eigenvalue weighted by Crippen LogP contribution is 2.21. The number of carbonyl (C=O) groups excluding carboxylic acids is 1. The van der Waals surface area contributed by atoms with Crippen molar-refractivity contribution in [3.05, 3.63) is 0 Å². The lowest BCUT2D eigenvalue weighted by Gasteiger charge is -2.22. The standard InChI is InChI=1S/C12H24O4S/c1-6-7-8-11(12(13)16-5)17(14,15)10(4)9(2)3/h9-11H,6-8H2,1-5H3. The van der Waals surface area contributed by atoms with Gasteiger partial charge >= 0.3 is 5.97 Å². The first-order valence-corrected chi connectivity index (χ1v) is 7.70. The topological polar surface area (TPSA) is 60.4 Å². The molecular formula is C12H24O4S. The predicted molar refractivity (Wildman–Crippen MR) is 68.5 cm³/mol. The Hall–Kier alpha value is -0.580. The Morgan fingerprint density at radius 2 is 1.76 bits per heavy atom. The van der Waals surface area contributed by atoms with E-state index in [0.717, 1.165) is 6.42 Å². The van der Waals surface area contributed by atoms with Crippen LogP contribution in [0.4, 0.5) is 0 Å². The van der Waals surface area contributed by atoms with Gasteiger partial charge in [-0.15, -0.1) is 0 Å². The highest BCUT2D eigenvalue weighted by molar-refractivity contribution is 7.93. The summed E-state index contributed by atoms with van der Waals surface area (Å²) < 4.78 is 29.2. The monoisotopic (exact) mass is 264 g/mol. The first kappa shape index (κ1) is 16.4. The van der Waals surface area contributed by atoms with Crippen molar-refractivity contribution in [3.63, 3.8) is 0 Å². The van der Waals surface area contributed by atoms with Crippen molar-refractivity contribution in [1.29, 1.82) is 0 Å². The number of carbonyl (C=O) groups is 1. The van der Waals surface area contributed by atoms with E-state index >= 15 is 0 Å². The van der Waals surface area contributed by atoms with Crippen molar-refractivity contribution >= 4 is 15.8 Å². The lowest BCUT2D eigenvalue weighted by atomic mass is 10.1. The van der Waals surface area contributed by atoms with Crippen LogP contribution >= 0.6 is 0 Å². The summed E-state index contributed by atoms with van der Waals surface area (Å²) in [5.74, 6) is -0.639. The predicted octanol–water partition coefficient (Wildman–Crippen LogP) is 2.18. The second-order valence-electron chi connectivity index (χ2n) is 4.69. The molecule has 0 aromatic carbocycles. The van der Waals surface area contributed by atoms with Crippen molar-refractivity contribution in [2.24, 2.45) is 5.92 Å². The molecule has 2 atom stereocenters. The van der Waals surface area contributed by atoms with E-state index in [2.05, 4.69) is 4.74 Å². The molecule has 0 aromatic rings. The van der Waals surface area contributed by atoms with Crippen molar-refractivity contribution in [3.8, 4) is 0 Å². The summed E-state index contributed by atoms with van der Waals surface area (Å²) in [4.78, 5) is 11.6. The van der Waals surface area contributed by atoms with Crippen molar-refractivity contribution in [2.75, 3.05) is 7.11 Å². The molecule has 0 rings (SSSR count). The molecule has 0 N–H and O–H groups in total. The number of sulfone groups is 1. The lowest BCUT2D eigenvalue weighted by molar-refractivity contribution is -0.140. The van der Waals surface area contributed by atoms with Gasteiger partial charge in [0.25, 0.3) is 0 Å². The smallest absolute Gasteiger partial charge is 0.324 e. The second kappa shape index (κ2) is 6.99. The summed E-state index contributed by atoms with van der Waals surface area (Å²) in [6, 6.07) is 0. The highest BCUT2D eigenvalue weighted by atomic mass is 32.2. The summed E-state index contributed by atoms with van der Waals surface area (Å²) >= 11 is 0. The van der Waals surface area contributed by atoms with Gasteiger partial charge in [0.15, 0.2) is 15.1 Å². The van der Waals surface area contributed by atoms with Crippen molar-refractivity contribution < 1.29 is 17.9 Å². The van der Waals surface area contributed by atoms with Crippen LogP contribution in [-0.2, 0) is 19.4 Å². The van der Waals surface area contributed by atoms with E-state index in [0.29, 0.717) is 12.8 Å². The van der Waals surface area contributed by atoms with Gasteiger partial charge in [0.05, 0.1) is 12.4 Å². The summed E-state index contributed by atoms with van der Waals surface area (Å²) in [5, 5.41) is -1.53. The summed E-state index contributed by atoms with van der Waals surface area (Å²) in [7, 11) is -2.23. The fraction of sp³-hybridized carbons (Fsp3) is 0.917. The highest BCUT2D eigenvalue weighted by Gasteiger charge is 2.38. The van der Waals surface area contributed by atoms with Gasteiger partial charge in [0.1, 0.15) is 0 Å². The van der Waals surface area contributed by atoms with E-state index in [4.69, 9.17) is 0 Å². The number of hydrogen-bond donors (Lipinski definition) is 0. The van der Waals surface area contributed by atoms with Crippen LogP contribution in [0, 0.1) is 5.92 Å². The minimum absolute atomic E-state index is 0.00576.